The van der Waals surface area contributed by atoms with Gasteiger partial charge >= 0.3 is 0 Å². The van der Waals surface area contributed by atoms with Crippen LogP contribution in [0.15, 0.2) is 391 Å². The molecule has 6 heteroatoms. The summed E-state index contributed by atoms with van der Waals surface area (Å²) in [5.74, 6) is 0.298. The molecule has 0 unspecified atom stereocenters. The Morgan fingerprint density at radius 2 is 0.504 bits per heavy atom. The Morgan fingerprint density at radius 1 is 0.217 bits per heavy atom. The average Bonchev–Trinajstić information content (AvgIpc) is 1.48. The number of hydrogen-bond donors (Lipinski definition) is 0. The number of aryl methyl sites for hydroxylation is 3. The van der Waals surface area contributed by atoms with E-state index in [2.05, 4.69) is 440 Å². The molecule has 0 aliphatic heterocycles. The van der Waals surface area contributed by atoms with Gasteiger partial charge in [-0.25, -0.2) is 0 Å². The van der Waals surface area contributed by atoms with Gasteiger partial charge in [0.05, 0.1) is 11.4 Å². The highest BCUT2D eigenvalue weighted by atomic mass is 28.3. The van der Waals surface area contributed by atoms with Crippen LogP contribution in [0.25, 0.3) is 98.4 Å². The first-order valence-electron chi connectivity index (χ1n) is 40.4. The number of nitrogens with zero attached hydrogens (tertiary/aromatic N) is 2. The van der Waals surface area contributed by atoms with Crippen molar-refractivity contribution in [3.05, 3.63) is 410 Å². The number of hydrogen-bond acceptors (Lipinski definition) is 4. The predicted molar refractivity (Wildman–Crippen MR) is 495 cm³/mol. The quantitative estimate of drug-likeness (QED) is 0.0487. The monoisotopic (exact) mass is 1510 g/mol. The second kappa shape index (κ2) is 28.7. The van der Waals surface area contributed by atoms with Crippen LogP contribution in [0.1, 0.15) is 67.3 Å². The summed E-state index contributed by atoms with van der Waals surface area (Å²) in [7, 11) is -5.85. The summed E-state index contributed by atoms with van der Waals surface area (Å²) in [4.78, 5) is 5.04. The Labute approximate surface area is 674 Å². The van der Waals surface area contributed by atoms with Gasteiger partial charge in [0, 0.05) is 67.2 Å². The average molecular weight is 1510 g/mol. The summed E-state index contributed by atoms with van der Waals surface area (Å²) in [6.45, 7) is 16.0. The van der Waals surface area contributed by atoms with Crippen LogP contribution in [-0.4, -0.2) is 16.1 Å². The zero-order chi connectivity index (χ0) is 77.6. The summed E-state index contributed by atoms with van der Waals surface area (Å²) >= 11 is 0. The molecular weight excluding hydrogens is 1430 g/mol. The molecule has 0 radical (unpaired) electrons. The number of fused-ring (bicyclic) bond motifs is 6. The molecule has 2 aromatic heterocycles. The van der Waals surface area contributed by atoms with Crippen molar-refractivity contribution in [2.24, 2.45) is 0 Å². The van der Waals surface area contributed by atoms with Crippen LogP contribution in [0.5, 0.6) is 0 Å². The molecular formula is C109H86N2O2Si2. The smallest absolute Gasteiger partial charge is 0.179 e. The van der Waals surface area contributed by atoms with Crippen LogP contribution in [0.2, 0.25) is 0 Å². The third-order valence-corrected chi connectivity index (χ3v) is 34.0. The van der Waals surface area contributed by atoms with Gasteiger partial charge in [0.25, 0.3) is 0 Å². The Balaban J connectivity index is 0.805. The fourth-order valence-electron chi connectivity index (χ4n) is 18.9. The highest BCUT2D eigenvalue weighted by molar-refractivity contribution is 7.20. The van der Waals surface area contributed by atoms with Gasteiger partial charge in [0.2, 0.25) is 0 Å². The van der Waals surface area contributed by atoms with E-state index in [1.165, 1.54) is 90.9 Å². The summed E-state index contributed by atoms with van der Waals surface area (Å²) in [5.41, 5.74) is 20.5. The van der Waals surface area contributed by atoms with E-state index in [0.717, 1.165) is 111 Å². The molecule has 2 heterocycles. The molecule has 115 heavy (non-hydrogen) atoms. The van der Waals surface area contributed by atoms with Crippen molar-refractivity contribution in [2.75, 3.05) is 9.80 Å². The van der Waals surface area contributed by atoms with Gasteiger partial charge < -0.3 is 18.6 Å². The van der Waals surface area contributed by atoms with Crippen molar-refractivity contribution in [1.82, 2.24) is 0 Å². The summed E-state index contributed by atoms with van der Waals surface area (Å²) in [5, 5.41) is 22.4. The van der Waals surface area contributed by atoms with Crippen LogP contribution < -0.4 is 51.3 Å². The van der Waals surface area contributed by atoms with Gasteiger partial charge in [0.15, 0.2) is 16.1 Å². The van der Waals surface area contributed by atoms with E-state index in [4.69, 9.17) is 8.83 Å². The molecule has 20 rings (SSSR count). The highest BCUT2D eigenvalue weighted by Gasteiger charge is 2.43. The number of benzene rings is 18. The zero-order valence-corrected chi connectivity index (χ0v) is 67.7. The lowest BCUT2D eigenvalue weighted by atomic mass is 9.84. The molecule has 0 saturated carbocycles. The van der Waals surface area contributed by atoms with E-state index >= 15 is 0 Å². The Kier molecular flexibility index (Phi) is 17.6. The summed E-state index contributed by atoms with van der Waals surface area (Å²) in [6.07, 6.45) is 0. The van der Waals surface area contributed by atoms with Crippen molar-refractivity contribution < 1.29 is 8.83 Å². The topological polar surface area (TPSA) is 32.8 Å². The zero-order valence-electron chi connectivity index (χ0n) is 65.7. The molecule has 0 aliphatic carbocycles. The first-order valence-corrected chi connectivity index (χ1v) is 44.4. The molecule has 0 atom stereocenters. The summed E-state index contributed by atoms with van der Waals surface area (Å²) in [6, 6.07) is 145. The normalized spacial score (nSPS) is 12.1. The number of furan rings is 2. The maximum atomic E-state index is 6.88. The third kappa shape index (κ3) is 11.9. The van der Waals surface area contributed by atoms with Gasteiger partial charge in [-0.2, -0.15) is 0 Å². The third-order valence-electron chi connectivity index (χ3n) is 24.4. The SMILES string of the molecule is Cc1ccc([Si](c2ccc(C)cc2)(c2ccc(C)cc2)c2cccc(-c3cccc(N(c4ccc5c(c4)oc4ccccc45)c4cc(C(C)C)c5ccc6c(N(c7cccc(-c8cccc([Si](c9ccccc9)(c9ccccc9)c9ccccc9)c8)c7)c7ccc8c(c7)oc7ccccc78)cc(C(C)C)c7ccc4c5c76)c3)c2)cc1. The van der Waals surface area contributed by atoms with E-state index in [0.29, 0.717) is 0 Å². The molecule has 0 spiro atoms. The first kappa shape index (κ1) is 70.7. The molecule has 552 valence electrons. The van der Waals surface area contributed by atoms with Crippen LogP contribution in [0.4, 0.5) is 34.1 Å². The highest BCUT2D eigenvalue weighted by Crippen LogP contribution is 2.53. The molecule has 0 amide bonds. The predicted octanol–water partition coefficient (Wildman–Crippen LogP) is 24.6. The second-order valence-corrected chi connectivity index (χ2v) is 39.7. The maximum absolute atomic E-state index is 6.88. The largest absolute Gasteiger partial charge is 0.456 e. The molecule has 18 aromatic carbocycles. The Bertz CT molecular complexity index is 6800. The molecule has 4 nitrogen and oxygen atoms in total. The fraction of sp³-hybridized carbons (Fsp3) is 0.0826. The minimum absolute atomic E-state index is 0.148. The van der Waals surface area contributed by atoms with Crippen molar-refractivity contribution in [2.45, 2.75) is 60.3 Å². The molecule has 20 aromatic rings. The van der Waals surface area contributed by atoms with Crippen LogP contribution in [-0.2, 0) is 0 Å². The van der Waals surface area contributed by atoms with Crippen molar-refractivity contribution >= 4 is 168 Å². The van der Waals surface area contributed by atoms with E-state index in [9.17, 15) is 0 Å². The van der Waals surface area contributed by atoms with Crippen molar-refractivity contribution in [3.63, 3.8) is 0 Å². The lowest BCUT2D eigenvalue weighted by Crippen LogP contribution is -2.74. The summed E-state index contributed by atoms with van der Waals surface area (Å²) < 4.78 is 13.7. The number of rotatable bonds is 18. The fourth-order valence-corrected chi connectivity index (χ4v) is 28.4. The van der Waals surface area contributed by atoms with Gasteiger partial charge in [-0.3, -0.25) is 0 Å². The Morgan fingerprint density at radius 3 is 0.870 bits per heavy atom. The molecule has 0 bridgehead atoms. The van der Waals surface area contributed by atoms with E-state index in [1.54, 1.807) is 0 Å². The molecule has 0 saturated heterocycles. The van der Waals surface area contributed by atoms with Crippen LogP contribution >= 0.6 is 0 Å². The lowest BCUT2D eigenvalue weighted by molar-refractivity contribution is 0.668. The van der Waals surface area contributed by atoms with E-state index < -0.39 is 16.1 Å². The minimum Gasteiger partial charge on any atom is -0.456 e. The number of anilines is 6. The van der Waals surface area contributed by atoms with Crippen molar-refractivity contribution in [1.29, 1.82) is 0 Å². The van der Waals surface area contributed by atoms with E-state index in [-0.39, 0.29) is 11.8 Å². The molecule has 0 N–H and O–H groups in total. The van der Waals surface area contributed by atoms with Gasteiger partial charge in [0.1, 0.15) is 22.3 Å². The van der Waals surface area contributed by atoms with Gasteiger partial charge in [-0.1, -0.05) is 342 Å². The minimum atomic E-state index is -2.96. The first-order chi connectivity index (χ1) is 56.4. The van der Waals surface area contributed by atoms with Crippen molar-refractivity contribution in [3.8, 4) is 22.3 Å². The lowest BCUT2D eigenvalue weighted by Gasteiger charge is -2.35. The second-order valence-electron chi connectivity index (χ2n) is 32.0. The molecule has 0 fully saturated rings. The van der Waals surface area contributed by atoms with Gasteiger partial charge in [-0.15, -0.1) is 0 Å². The number of para-hydroxylation sites is 2. The van der Waals surface area contributed by atoms with Crippen LogP contribution in [0, 0.1) is 20.8 Å². The van der Waals surface area contributed by atoms with E-state index in [1.807, 2.05) is 0 Å². The maximum Gasteiger partial charge on any atom is 0.179 e. The molecule has 0 aliphatic rings. The van der Waals surface area contributed by atoms with Gasteiger partial charge in [-0.05, 0) is 202 Å². The Hall–Kier alpha value is -13.4. The standard InChI is InChI=1S/C109H86N2O2Si2/c1-71(2)100-69-102(110(82-49-57-94-92-39-17-19-41-104(92)112-106(94)67-82)80-29-21-25-76(63-80)78-27-23-37-90(65-78)114(84-31-11-8-12-32-84,85-33-13-9-14-34-85)86-35-15-10-16-36-86)98-61-59-97-101(72(3)4)70-103(99-62-60-96(100)108(98)109(97)99)111(83-50-58-95-93-40-18-20-42-105(93)113-107(95)68-83)81-30-22-26-77(64-81)79-28-24-38-91(66-79)115(87-51-43-73(5)44-52-87,88-53-45-74(6)46-54-88)89-55-47-75(7)48-56-89/h8-72H,1-7H3. The van der Waals surface area contributed by atoms with Crippen LogP contribution in [0.3, 0.4) is 0 Å².